The van der Waals surface area contributed by atoms with E-state index in [2.05, 4.69) is 10.6 Å². The van der Waals surface area contributed by atoms with Crippen LogP contribution in [0.5, 0.6) is 11.5 Å². The van der Waals surface area contributed by atoms with Gasteiger partial charge in [0.1, 0.15) is 18.3 Å². The summed E-state index contributed by atoms with van der Waals surface area (Å²) < 4.78 is 12.8. The van der Waals surface area contributed by atoms with Crippen molar-refractivity contribution < 1.29 is 43.4 Å². The van der Waals surface area contributed by atoms with Gasteiger partial charge in [0.05, 0.1) is 5.56 Å². The number of ether oxygens (including phenoxy) is 2. The number of fused-ring (bicyclic) bond motifs is 2. The molecule has 52 heavy (non-hydrogen) atoms. The van der Waals surface area contributed by atoms with Gasteiger partial charge in [-0.2, -0.15) is 0 Å². The molecule has 0 bridgehead atoms. The van der Waals surface area contributed by atoms with E-state index >= 15 is 0 Å². The SMILES string of the molecule is Cc1ccc(C(=O)ON2C(=O)CCC2=O)cc1C1(OCO)c2ccc(NC(=O)c3ccccc3)cc2Oc2cc(NC(=O)c3ccccc3)ccc21. The van der Waals surface area contributed by atoms with Crippen molar-refractivity contribution in [2.45, 2.75) is 25.4 Å². The highest BCUT2D eigenvalue weighted by Gasteiger charge is 2.47. The lowest BCUT2D eigenvalue weighted by Crippen LogP contribution is -2.37. The van der Waals surface area contributed by atoms with Crippen LogP contribution in [0.3, 0.4) is 0 Å². The molecule has 4 amide bonds. The Morgan fingerprint density at radius 1 is 0.692 bits per heavy atom. The van der Waals surface area contributed by atoms with E-state index in [0.29, 0.717) is 49.8 Å². The summed E-state index contributed by atoms with van der Waals surface area (Å²) >= 11 is 0. The topological polar surface area (TPSA) is 161 Å². The second-order valence-electron chi connectivity index (χ2n) is 12.1. The first kappa shape index (κ1) is 33.8. The fourth-order valence-electron chi connectivity index (χ4n) is 6.34. The van der Waals surface area contributed by atoms with Crippen molar-refractivity contribution >= 4 is 41.0 Å². The average molecular weight is 698 g/mol. The maximum Gasteiger partial charge on any atom is 0.363 e. The minimum atomic E-state index is -1.62. The van der Waals surface area contributed by atoms with Gasteiger partial charge in [-0.25, -0.2) is 4.79 Å². The van der Waals surface area contributed by atoms with Crippen molar-refractivity contribution in [1.82, 2.24) is 5.06 Å². The van der Waals surface area contributed by atoms with Crippen LogP contribution in [0.2, 0.25) is 0 Å². The van der Waals surface area contributed by atoms with Gasteiger partial charge in [0, 0.05) is 58.6 Å². The molecule has 12 heteroatoms. The Labute approximate surface area is 297 Å². The molecule has 0 atom stereocenters. The number of anilines is 2. The molecule has 0 unspecified atom stereocenters. The summed E-state index contributed by atoms with van der Waals surface area (Å²) in [6.07, 6.45) is -0.123. The number of amides is 4. The Morgan fingerprint density at radius 3 is 1.71 bits per heavy atom. The number of nitrogens with zero attached hydrogens (tertiary/aromatic N) is 1. The zero-order valence-corrected chi connectivity index (χ0v) is 27.8. The highest BCUT2D eigenvalue weighted by molar-refractivity contribution is 6.05. The molecular weight excluding hydrogens is 666 g/mol. The van der Waals surface area contributed by atoms with Crippen LogP contribution in [-0.4, -0.2) is 46.6 Å². The number of hydrogen-bond acceptors (Lipinski definition) is 9. The zero-order valence-electron chi connectivity index (χ0n) is 27.8. The number of rotatable bonds is 9. The maximum absolute atomic E-state index is 13.4. The van der Waals surface area contributed by atoms with E-state index < -0.39 is 30.2 Å². The molecule has 260 valence electrons. The molecule has 0 saturated carbocycles. The van der Waals surface area contributed by atoms with Crippen molar-refractivity contribution in [3.05, 3.63) is 154 Å². The number of benzene rings is 5. The quantitative estimate of drug-likeness (QED) is 0.122. The van der Waals surface area contributed by atoms with Gasteiger partial charge in [-0.15, -0.1) is 5.06 Å². The first-order chi connectivity index (χ1) is 25.2. The largest absolute Gasteiger partial charge is 0.456 e. The van der Waals surface area contributed by atoms with Gasteiger partial charge >= 0.3 is 5.97 Å². The molecule has 7 rings (SSSR count). The molecule has 1 fully saturated rings. The molecule has 3 N–H and O–H groups in total. The fourth-order valence-corrected chi connectivity index (χ4v) is 6.34. The maximum atomic E-state index is 13.4. The van der Waals surface area contributed by atoms with Gasteiger partial charge in [-0.05, 0) is 78.7 Å². The van der Waals surface area contributed by atoms with E-state index in [9.17, 15) is 29.1 Å². The van der Waals surface area contributed by atoms with E-state index in [1.165, 1.54) is 12.1 Å². The number of hydrogen-bond donors (Lipinski definition) is 3. The molecule has 0 spiro atoms. The third kappa shape index (κ3) is 6.28. The van der Waals surface area contributed by atoms with Crippen molar-refractivity contribution in [2.24, 2.45) is 0 Å². The Balaban J connectivity index is 1.34. The zero-order chi connectivity index (χ0) is 36.4. The van der Waals surface area contributed by atoms with Crippen molar-refractivity contribution in [3.63, 3.8) is 0 Å². The number of carbonyl (C=O) groups is 5. The summed E-state index contributed by atoms with van der Waals surface area (Å²) in [6.45, 7) is 1.01. The normalized spacial score (nSPS) is 14.2. The third-order valence-corrected chi connectivity index (χ3v) is 8.84. The molecule has 1 saturated heterocycles. The third-order valence-electron chi connectivity index (χ3n) is 8.84. The first-order valence-electron chi connectivity index (χ1n) is 16.3. The van der Waals surface area contributed by atoms with Crippen LogP contribution in [0.4, 0.5) is 11.4 Å². The summed E-state index contributed by atoms with van der Waals surface area (Å²) in [5.41, 5.74) is 1.96. The summed E-state index contributed by atoms with van der Waals surface area (Å²) in [5.74, 6) is -2.39. The number of aliphatic hydroxyl groups excluding tert-OH is 1. The van der Waals surface area contributed by atoms with Crippen LogP contribution < -0.4 is 15.4 Å². The molecule has 5 aromatic rings. The lowest BCUT2D eigenvalue weighted by Gasteiger charge is -2.41. The van der Waals surface area contributed by atoms with Crippen molar-refractivity contribution in [3.8, 4) is 11.5 Å². The van der Waals surface area contributed by atoms with E-state index in [1.807, 2.05) is 0 Å². The van der Waals surface area contributed by atoms with Crippen LogP contribution in [-0.2, 0) is 24.8 Å². The first-order valence-corrected chi connectivity index (χ1v) is 16.3. The molecule has 0 aliphatic carbocycles. The Kier molecular flexibility index (Phi) is 9.08. The van der Waals surface area contributed by atoms with Crippen LogP contribution in [0.25, 0.3) is 0 Å². The average Bonchev–Trinajstić information content (AvgIpc) is 3.47. The lowest BCUT2D eigenvalue weighted by molar-refractivity contribution is -0.172. The highest BCUT2D eigenvalue weighted by atomic mass is 16.7. The number of hydroxylamine groups is 2. The number of carbonyl (C=O) groups excluding carboxylic acids is 5. The van der Waals surface area contributed by atoms with E-state index in [-0.39, 0.29) is 41.7 Å². The summed E-state index contributed by atoms with van der Waals surface area (Å²) in [4.78, 5) is 69.1. The van der Waals surface area contributed by atoms with Gasteiger partial charge in [0.15, 0.2) is 5.60 Å². The van der Waals surface area contributed by atoms with Crippen molar-refractivity contribution in [2.75, 3.05) is 17.4 Å². The van der Waals surface area contributed by atoms with Gasteiger partial charge < -0.3 is 30.1 Å². The Morgan fingerprint density at radius 2 is 1.21 bits per heavy atom. The van der Waals surface area contributed by atoms with E-state index in [0.717, 1.165) is 0 Å². The summed E-state index contributed by atoms with van der Waals surface area (Å²) in [6, 6.07) is 31.9. The molecule has 2 heterocycles. The standard InChI is InChI=1S/C40H31N3O9/c1-24-12-13-27(39(49)52-43-35(45)18-19-36(43)46)20-32(24)40(50-23-44)30-16-14-28(41-37(47)25-8-4-2-5-9-25)21-33(30)51-34-22-29(15-17-31(34)40)42-38(48)26-10-6-3-7-11-26/h2-17,20-22,44H,18-19,23H2,1H3,(H,41,47)(H,42,48). The second kappa shape index (κ2) is 13.9. The minimum absolute atomic E-state index is 0.00194. The smallest absolute Gasteiger partial charge is 0.363 e. The van der Waals surface area contributed by atoms with Crippen molar-refractivity contribution in [1.29, 1.82) is 0 Å². The fraction of sp³-hybridized carbons (Fsp3) is 0.125. The molecular formula is C40H31N3O9. The molecule has 0 radical (unpaired) electrons. The number of aliphatic hydroxyl groups is 1. The van der Waals surface area contributed by atoms with E-state index in [4.69, 9.17) is 14.3 Å². The van der Waals surface area contributed by atoms with Crippen LogP contribution in [0, 0.1) is 6.92 Å². The molecule has 5 aromatic carbocycles. The monoisotopic (exact) mass is 697 g/mol. The number of aryl methyl sites for hydroxylation is 1. The molecule has 2 aliphatic heterocycles. The highest BCUT2D eigenvalue weighted by Crippen LogP contribution is 2.54. The van der Waals surface area contributed by atoms with E-state index in [1.54, 1.807) is 110 Å². The number of nitrogens with one attached hydrogen (secondary N) is 2. The van der Waals surface area contributed by atoms with Gasteiger partial charge in [0.25, 0.3) is 23.6 Å². The lowest BCUT2D eigenvalue weighted by atomic mass is 9.75. The summed E-state index contributed by atoms with van der Waals surface area (Å²) in [7, 11) is 0. The predicted molar refractivity (Wildman–Crippen MR) is 187 cm³/mol. The molecule has 12 nitrogen and oxygen atoms in total. The second-order valence-corrected chi connectivity index (χ2v) is 12.1. The van der Waals surface area contributed by atoms with Gasteiger partial charge in [-0.3, -0.25) is 19.2 Å². The minimum Gasteiger partial charge on any atom is -0.456 e. The Bertz CT molecular complexity index is 2120. The predicted octanol–water partition coefficient (Wildman–Crippen LogP) is 6.08. The van der Waals surface area contributed by atoms with Crippen LogP contribution in [0.1, 0.15) is 66.2 Å². The van der Waals surface area contributed by atoms with Crippen LogP contribution >= 0.6 is 0 Å². The Hall–Kier alpha value is -6.63. The van der Waals surface area contributed by atoms with Gasteiger partial charge in [0.2, 0.25) is 0 Å². The number of imide groups is 1. The summed E-state index contributed by atoms with van der Waals surface area (Å²) in [5, 5.41) is 16.7. The molecule has 2 aliphatic rings. The molecule has 0 aromatic heterocycles. The van der Waals surface area contributed by atoms with Gasteiger partial charge in [-0.1, -0.05) is 42.5 Å². The van der Waals surface area contributed by atoms with Crippen LogP contribution in [0.15, 0.2) is 115 Å².